The fourth-order valence-corrected chi connectivity index (χ4v) is 4.26. The van der Waals surface area contributed by atoms with Crippen molar-refractivity contribution in [1.82, 2.24) is 5.32 Å². The first kappa shape index (κ1) is 11.7. The highest BCUT2D eigenvalue weighted by Gasteiger charge is 2.42. The van der Waals surface area contributed by atoms with Gasteiger partial charge < -0.3 is 5.32 Å². The van der Waals surface area contributed by atoms with Gasteiger partial charge in [0.1, 0.15) is 0 Å². The Morgan fingerprint density at radius 2 is 1.94 bits per heavy atom. The van der Waals surface area contributed by atoms with E-state index in [0.29, 0.717) is 6.04 Å². The highest BCUT2D eigenvalue weighted by Crippen LogP contribution is 2.52. The zero-order valence-electron chi connectivity index (χ0n) is 10.3. The van der Waals surface area contributed by atoms with Crippen LogP contribution in [0.1, 0.15) is 37.3 Å². The fraction of sp³-hybridized carbons (Fsp3) is 0.600. The molecule has 0 amide bonds. The van der Waals surface area contributed by atoms with Crippen molar-refractivity contribution in [3.8, 4) is 0 Å². The van der Waals surface area contributed by atoms with Gasteiger partial charge in [-0.15, -0.1) is 0 Å². The van der Waals surface area contributed by atoms with Gasteiger partial charge >= 0.3 is 0 Å². The molecule has 0 aromatic heterocycles. The van der Waals surface area contributed by atoms with Gasteiger partial charge in [0.15, 0.2) is 0 Å². The summed E-state index contributed by atoms with van der Waals surface area (Å²) in [5.41, 5.74) is 1.45. The van der Waals surface area contributed by atoms with Crippen LogP contribution in [0.3, 0.4) is 0 Å². The van der Waals surface area contributed by atoms with Gasteiger partial charge in [-0.05, 0) is 61.8 Å². The molecular weight excluding hydrogens is 274 g/mol. The number of rotatable bonds is 3. The summed E-state index contributed by atoms with van der Waals surface area (Å²) in [6.45, 7) is 0. The zero-order chi connectivity index (χ0) is 11.8. The Morgan fingerprint density at radius 3 is 2.47 bits per heavy atom. The molecule has 2 heteroatoms. The Balaban J connectivity index is 1.81. The molecule has 0 spiro atoms. The maximum Gasteiger partial charge on any atom is 0.0348 e. The average molecular weight is 294 g/mol. The monoisotopic (exact) mass is 293 g/mol. The average Bonchev–Trinajstić information content (AvgIpc) is 2.95. The van der Waals surface area contributed by atoms with Crippen LogP contribution in [0.15, 0.2) is 28.7 Å². The largest absolute Gasteiger partial charge is 0.313 e. The minimum Gasteiger partial charge on any atom is -0.313 e. The van der Waals surface area contributed by atoms with E-state index in [-0.39, 0.29) is 0 Å². The molecule has 2 bridgehead atoms. The summed E-state index contributed by atoms with van der Waals surface area (Å²) in [5, 5.41) is 3.55. The predicted molar refractivity (Wildman–Crippen MR) is 74.9 cm³/mol. The summed E-state index contributed by atoms with van der Waals surface area (Å²) in [7, 11) is 2.11. The summed E-state index contributed by atoms with van der Waals surface area (Å²) in [6.07, 6.45) is 5.87. The molecule has 1 N–H and O–H groups in total. The van der Waals surface area contributed by atoms with Crippen LogP contribution < -0.4 is 5.32 Å². The van der Waals surface area contributed by atoms with E-state index in [9.17, 15) is 0 Å². The second kappa shape index (κ2) is 4.74. The predicted octanol–water partition coefficient (Wildman–Crippen LogP) is 4.15. The number of hydrogen-bond donors (Lipinski definition) is 1. The van der Waals surface area contributed by atoms with Gasteiger partial charge in [0, 0.05) is 10.5 Å². The molecule has 4 atom stereocenters. The van der Waals surface area contributed by atoms with Gasteiger partial charge in [0.05, 0.1) is 0 Å². The quantitative estimate of drug-likeness (QED) is 0.883. The van der Waals surface area contributed by atoms with Crippen LogP contribution in [0.2, 0.25) is 0 Å². The van der Waals surface area contributed by atoms with Gasteiger partial charge in [-0.1, -0.05) is 34.5 Å². The molecule has 1 nitrogen and oxygen atoms in total. The molecule has 1 aromatic carbocycles. The molecule has 0 saturated heterocycles. The number of fused-ring (bicyclic) bond motifs is 2. The van der Waals surface area contributed by atoms with Crippen LogP contribution in [-0.2, 0) is 0 Å². The van der Waals surface area contributed by atoms with Crippen molar-refractivity contribution in [2.75, 3.05) is 7.05 Å². The van der Waals surface area contributed by atoms with Gasteiger partial charge in [-0.3, -0.25) is 0 Å². The minimum atomic E-state index is 0.554. The second-order valence-electron chi connectivity index (χ2n) is 5.66. The highest BCUT2D eigenvalue weighted by atomic mass is 79.9. The molecule has 92 valence electrons. The molecule has 2 saturated carbocycles. The number of benzene rings is 1. The van der Waals surface area contributed by atoms with Crippen molar-refractivity contribution in [2.24, 2.45) is 17.8 Å². The van der Waals surface area contributed by atoms with E-state index in [2.05, 4.69) is 52.6 Å². The van der Waals surface area contributed by atoms with E-state index in [1.807, 2.05) is 0 Å². The van der Waals surface area contributed by atoms with E-state index in [1.54, 1.807) is 0 Å². The third-order valence-corrected chi connectivity index (χ3v) is 5.29. The Hall–Kier alpha value is -0.340. The molecule has 17 heavy (non-hydrogen) atoms. The second-order valence-corrected chi connectivity index (χ2v) is 6.57. The first-order chi connectivity index (χ1) is 8.28. The van der Waals surface area contributed by atoms with Gasteiger partial charge in [0.2, 0.25) is 0 Å². The Bertz CT molecular complexity index is 386. The van der Waals surface area contributed by atoms with Crippen molar-refractivity contribution >= 4 is 15.9 Å². The normalized spacial score (nSPS) is 32.9. The molecular formula is C15H20BrN. The summed E-state index contributed by atoms with van der Waals surface area (Å²) >= 11 is 3.51. The standard InChI is InChI=1S/C15H20BrN/c1-17-15(11-4-6-13(16)7-5-11)14-9-10-2-3-12(14)8-10/h4-7,10,12,14-15,17H,2-3,8-9H2,1H3. The molecule has 2 fully saturated rings. The first-order valence-electron chi connectivity index (χ1n) is 6.70. The third-order valence-electron chi connectivity index (χ3n) is 4.76. The van der Waals surface area contributed by atoms with Crippen LogP contribution in [0.25, 0.3) is 0 Å². The topological polar surface area (TPSA) is 12.0 Å². The minimum absolute atomic E-state index is 0.554. The summed E-state index contributed by atoms with van der Waals surface area (Å²) < 4.78 is 1.17. The first-order valence-corrected chi connectivity index (χ1v) is 7.50. The molecule has 0 aliphatic heterocycles. The summed E-state index contributed by atoms with van der Waals surface area (Å²) in [6, 6.07) is 9.40. The van der Waals surface area contributed by atoms with Crippen molar-refractivity contribution in [3.05, 3.63) is 34.3 Å². The molecule has 2 aliphatic rings. The zero-order valence-corrected chi connectivity index (χ0v) is 11.9. The number of halogens is 1. The SMILES string of the molecule is CNC(c1ccc(Br)cc1)C1CC2CCC1C2. The van der Waals surface area contributed by atoms with Gasteiger partial charge in [-0.25, -0.2) is 0 Å². The smallest absolute Gasteiger partial charge is 0.0348 e. The molecule has 4 unspecified atom stereocenters. The lowest BCUT2D eigenvalue weighted by molar-refractivity contribution is 0.259. The van der Waals surface area contributed by atoms with Crippen molar-refractivity contribution in [3.63, 3.8) is 0 Å². The van der Waals surface area contributed by atoms with Crippen molar-refractivity contribution in [2.45, 2.75) is 31.7 Å². The maximum absolute atomic E-state index is 3.55. The molecule has 0 radical (unpaired) electrons. The highest BCUT2D eigenvalue weighted by molar-refractivity contribution is 9.10. The van der Waals surface area contributed by atoms with Crippen LogP contribution >= 0.6 is 15.9 Å². The fourth-order valence-electron chi connectivity index (χ4n) is 4.00. The van der Waals surface area contributed by atoms with Crippen LogP contribution in [-0.4, -0.2) is 7.05 Å². The number of nitrogens with one attached hydrogen (secondary N) is 1. The lowest BCUT2D eigenvalue weighted by Crippen LogP contribution is -2.28. The van der Waals surface area contributed by atoms with Gasteiger partial charge in [0.25, 0.3) is 0 Å². The van der Waals surface area contributed by atoms with Crippen LogP contribution in [0.5, 0.6) is 0 Å². The maximum atomic E-state index is 3.55. The lowest BCUT2D eigenvalue weighted by Gasteiger charge is -2.30. The van der Waals surface area contributed by atoms with E-state index < -0.39 is 0 Å². The third kappa shape index (κ3) is 2.17. The lowest BCUT2D eigenvalue weighted by atomic mass is 9.80. The Kier molecular flexibility index (Phi) is 3.27. The van der Waals surface area contributed by atoms with E-state index in [4.69, 9.17) is 0 Å². The van der Waals surface area contributed by atoms with Crippen molar-refractivity contribution in [1.29, 1.82) is 0 Å². The number of hydrogen-bond acceptors (Lipinski definition) is 1. The summed E-state index contributed by atoms with van der Waals surface area (Å²) in [4.78, 5) is 0. The Labute approximate surface area is 112 Å². The van der Waals surface area contributed by atoms with E-state index >= 15 is 0 Å². The molecule has 2 aliphatic carbocycles. The molecule has 0 heterocycles. The summed E-state index contributed by atoms with van der Waals surface area (Å²) in [5.74, 6) is 2.86. The van der Waals surface area contributed by atoms with Gasteiger partial charge in [-0.2, -0.15) is 0 Å². The van der Waals surface area contributed by atoms with Crippen LogP contribution in [0.4, 0.5) is 0 Å². The molecule has 1 aromatic rings. The van der Waals surface area contributed by atoms with Crippen LogP contribution in [0, 0.1) is 17.8 Å². The Morgan fingerprint density at radius 1 is 1.18 bits per heavy atom. The van der Waals surface area contributed by atoms with E-state index in [0.717, 1.165) is 17.8 Å². The molecule has 3 rings (SSSR count). The van der Waals surface area contributed by atoms with Crippen molar-refractivity contribution < 1.29 is 0 Å². The van der Waals surface area contributed by atoms with E-state index in [1.165, 1.54) is 35.7 Å².